The SMILES string of the molecule is Cc1ccc(N(c2cc(C)c(-c3ccccc3)cc2C)c2ccc(-c3ccc(-n4c5ccccc5c5ccccc54)cc3)c3oc4ccccc4c23)cc1. The summed E-state index contributed by atoms with van der Waals surface area (Å²) in [6.07, 6.45) is 0. The third-order valence-electron chi connectivity index (χ3n) is 10.9. The molecule has 0 amide bonds. The Morgan fingerprint density at radius 1 is 0.463 bits per heavy atom. The number of nitrogens with zero attached hydrogens (tertiary/aromatic N) is 2. The van der Waals surface area contributed by atoms with Crippen molar-refractivity contribution in [2.24, 2.45) is 0 Å². The molecule has 0 aliphatic carbocycles. The van der Waals surface area contributed by atoms with Crippen LogP contribution in [0.4, 0.5) is 17.1 Å². The first kappa shape index (κ1) is 31.9. The van der Waals surface area contributed by atoms with Gasteiger partial charge in [0.05, 0.1) is 22.1 Å². The third kappa shape index (κ3) is 5.12. The second-order valence-electron chi connectivity index (χ2n) is 14.3. The number of anilines is 3. The molecule has 0 N–H and O–H groups in total. The van der Waals surface area contributed by atoms with Gasteiger partial charge in [-0.05, 0) is 115 Å². The standard InChI is InChI=1S/C51H38N2O/c1-33-21-25-38(26-22-33)53(48-32-34(2)44(31-35(48)3)36-13-5-4-6-14-36)47-30-29-40(51-50(47)43-17-9-12-20-49(43)54-51)37-23-27-39(28-24-37)52-45-18-10-7-15-41(45)42-16-8-11-19-46(42)52/h4-32H,1-3H3. The lowest BCUT2D eigenvalue weighted by atomic mass is 9.95. The first-order valence-corrected chi connectivity index (χ1v) is 18.6. The van der Waals surface area contributed by atoms with E-state index >= 15 is 0 Å². The maximum Gasteiger partial charge on any atom is 0.145 e. The Balaban J connectivity index is 1.16. The van der Waals surface area contributed by atoms with E-state index < -0.39 is 0 Å². The second kappa shape index (κ2) is 12.7. The lowest BCUT2D eigenvalue weighted by molar-refractivity contribution is 0.670. The van der Waals surface area contributed by atoms with E-state index in [-0.39, 0.29) is 0 Å². The summed E-state index contributed by atoms with van der Waals surface area (Å²) >= 11 is 0. The molecule has 3 heteroatoms. The average Bonchev–Trinajstić information content (AvgIpc) is 3.77. The normalized spacial score (nSPS) is 11.6. The smallest absolute Gasteiger partial charge is 0.145 e. The van der Waals surface area contributed by atoms with Crippen LogP contribution in [0.2, 0.25) is 0 Å². The number of rotatable bonds is 6. The fourth-order valence-corrected chi connectivity index (χ4v) is 8.29. The zero-order valence-electron chi connectivity index (χ0n) is 30.5. The molecule has 0 unspecified atom stereocenters. The minimum absolute atomic E-state index is 0.874. The van der Waals surface area contributed by atoms with Crippen molar-refractivity contribution in [3.05, 3.63) is 193 Å². The Kier molecular flexibility index (Phi) is 7.48. The van der Waals surface area contributed by atoms with Crippen LogP contribution in [0.3, 0.4) is 0 Å². The molecular formula is C51H38N2O. The molecule has 258 valence electrons. The predicted octanol–water partition coefficient (Wildman–Crippen LogP) is 14.4. The molecule has 0 aliphatic heterocycles. The van der Waals surface area contributed by atoms with Gasteiger partial charge in [0.2, 0.25) is 0 Å². The molecule has 3 nitrogen and oxygen atoms in total. The van der Waals surface area contributed by atoms with Crippen LogP contribution in [0.5, 0.6) is 0 Å². The van der Waals surface area contributed by atoms with Crippen LogP contribution < -0.4 is 4.90 Å². The highest BCUT2D eigenvalue weighted by atomic mass is 16.3. The Labute approximate surface area is 315 Å². The number of aryl methyl sites for hydroxylation is 3. The van der Waals surface area contributed by atoms with Crippen LogP contribution in [0.25, 0.3) is 71.7 Å². The van der Waals surface area contributed by atoms with Crippen molar-refractivity contribution in [3.63, 3.8) is 0 Å². The summed E-state index contributed by atoms with van der Waals surface area (Å²) in [5.74, 6) is 0. The van der Waals surface area contributed by atoms with Gasteiger partial charge >= 0.3 is 0 Å². The van der Waals surface area contributed by atoms with Crippen molar-refractivity contribution in [2.45, 2.75) is 20.8 Å². The van der Waals surface area contributed by atoms with E-state index in [0.29, 0.717) is 0 Å². The summed E-state index contributed by atoms with van der Waals surface area (Å²) in [5, 5.41) is 4.71. The van der Waals surface area contributed by atoms with E-state index in [1.807, 2.05) is 0 Å². The summed E-state index contributed by atoms with van der Waals surface area (Å²) in [5.41, 5.74) is 16.9. The number of furan rings is 1. The number of hydrogen-bond acceptors (Lipinski definition) is 2. The van der Waals surface area contributed by atoms with E-state index in [2.05, 4.69) is 206 Å². The van der Waals surface area contributed by atoms with Gasteiger partial charge in [0.25, 0.3) is 0 Å². The summed E-state index contributed by atoms with van der Waals surface area (Å²) in [6, 6.07) is 63.3. The van der Waals surface area contributed by atoms with E-state index in [1.165, 1.54) is 49.6 Å². The largest absolute Gasteiger partial charge is 0.455 e. The van der Waals surface area contributed by atoms with Gasteiger partial charge in [-0.3, -0.25) is 0 Å². The molecule has 10 aromatic rings. The van der Waals surface area contributed by atoms with Crippen LogP contribution in [-0.4, -0.2) is 4.57 Å². The zero-order chi connectivity index (χ0) is 36.3. The van der Waals surface area contributed by atoms with Gasteiger partial charge in [-0.2, -0.15) is 0 Å². The van der Waals surface area contributed by atoms with Crippen molar-refractivity contribution in [3.8, 4) is 27.9 Å². The minimum Gasteiger partial charge on any atom is -0.455 e. The molecule has 10 rings (SSSR count). The zero-order valence-corrected chi connectivity index (χ0v) is 30.5. The fraction of sp³-hybridized carbons (Fsp3) is 0.0588. The molecule has 2 heterocycles. The first-order chi connectivity index (χ1) is 26.5. The molecule has 0 saturated carbocycles. The monoisotopic (exact) mass is 694 g/mol. The van der Waals surface area contributed by atoms with Crippen molar-refractivity contribution in [1.82, 2.24) is 4.57 Å². The van der Waals surface area contributed by atoms with E-state index in [1.54, 1.807) is 0 Å². The molecule has 0 bridgehead atoms. The van der Waals surface area contributed by atoms with Crippen LogP contribution in [-0.2, 0) is 0 Å². The van der Waals surface area contributed by atoms with Gasteiger partial charge in [0.1, 0.15) is 11.2 Å². The molecular weight excluding hydrogens is 657 g/mol. The summed E-state index contributed by atoms with van der Waals surface area (Å²) in [6.45, 7) is 6.58. The summed E-state index contributed by atoms with van der Waals surface area (Å²) in [7, 11) is 0. The van der Waals surface area contributed by atoms with Crippen molar-refractivity contribution < 1.29 is 4.42 Å². The molecule has 0 fully saturated rings. The van der Waals surface area contributed by atoms with Gasteiger partial charge in [-0.15, -0.1) is 0 Å². The van der Waals surface area contributed by atoms with E-state index in [4.69, 9.17) is 4.42 Å². The van der Waals surface area contributed by atoms with Crippen LogP contribution in [0, 0.1) is 20.8 Å². The van der Waals surface area contributed by atoms with Gasteiger partial charge in [0, 0.05) is 38.8 Å². The Bertz CT molecular complexity index is 2950. The quantitative estimate of drug-likeness (QED) is 0.173. The molecule has 0 saturated heterocycles. The first-order valence-electron chi connectivity index (χ1n) is 18.6. The van der Waals surface area contributed by atoms with Crippen LogP contribution in [0.15, 0.2) is 180 Å². The molecule has 2 aromatic heterocycles. The summed E-state index contributed by atoms with van der Waals surface area (Å²) < 4.78 is 9.20. The van der Waals surface area contributed by atoms with Gasteiger partial charge in [-0.25, -0.2) is 0 Å². The lowest BCUT2D eigenvalue weighted by Crippen LogP contribution is -2.12. The van der Waals surface area contributed by atoms with E-state index in [0.717, 1.165) is 55.8 Å². The highest BCUT2D eigenvalue weighted by Gasteiger charge is 2.24. The number of para-hydroxylation sites is 3. The minimum atomic E-state index is 0.874. The van der Waals surface area contributed by atoms with Gasteiger partial charge in [0.15, 0.2) is 0 Å². The fourth-order valence-electron chi connectivity index (χ4n) is 8.29. The highest BCUT2D eigenvalue weighted by Crippen LogP contribution is 2.47. The third-order valence-corrected chi connectivity index (χ3v) is 10.9. The second-order valence-corrected chi connectivity index (χ2v) is 14.3. The van der Waals surface area contributed by atoms with Crippen LogP contribution in [0.1, 0.15) is 16.7 Å². The molecule has 0 spiro atoms. The van der Waals surface area contributed by atoms with Crippen molar-refractivity contribution >= 4 is 60.8 Å². The molecule has 0 aliphatic rings. The van der Waals surface area contributed by atoms with E-state index in [9.17, 15) is 0 Å². The van der Waals surface area contributed by atoms with Crippen molar-refractivity contribution in [1.29, 1.82) is 0 Å². The van der Waals surface area contributed by atoms with Crippen molar-refractivity contribution in [2.75, 3.05) is 4.90 Å². The molecule has 0 radical (unpaired) electrons. The predicted molar refractivity (Wildman–Crippen MR) is 228 cm³/mol. The maximum atomic E-state index is 6.84. The number of aromatic nitrogens is 1. The topological polar surface area (TPSA) is 21.3 Å². The Morgan fingerprint density at radius 3 is 1.78 bits per heavy atom. The Hall–Kier alpha value is -6.84. The number of hydrogen-bond donors (Lipinski definition) is 0. The number of fused-ring (bicyclic) bond motifs is 6. The Morgan fingerprint density at radius 2 is 1.07 bits per heavy atom. The average molecular weight is 695 g/mol. The number of benzene rings is 8. The maximum absolute atomic E-state index is 6.84. The molecule has 8 aromatic carbocycles. The lowest BCUT2D eigenvalue weighted by Gasteiger charge is -2.29. The van der Waals surface area contributed by atoms with Gasteiger partial charge < -0.3 is 13.9 Å². The van der Waals surface area contributed by atoms with Crippen LogP contribution >= 0.6 is 0 Å². The molecule has 54 heavy (non-hydrogen) atoms. The van der Waals surface area contributed by atoms with Gasteiger partial charge in [-0.1, -0.05) is 115 Å². The highest BCUT2D eigenvalue weighted by molar-refractivity contribution is 6.17. The summed E-state index contributed by atoms with van der Waals surface area (Å²) in [4.78, 5) is 2.41. The molecule has 0 atom stereocenters.